The summed E-state index contributed by atoms with van der Waals surface area (Å²) in [6.45, 7) is 8.49. The Morgan fingerprint density at radius 3 is 2.41 bits per heavy atom. The monoisotopic (exact) mass is 234 g/mol. The minimum Gasteiger partial charge on any atom is -0.330 e. The van der Waals surface area contributed by atoms with Gasteiger partial charge in [0, 0.05) is 12.2 Å². The van der Waals surface area contributed by atoms with E-state index in [1.165, 1.54) is 11.1 Å². The Labute approximate surface area is 103 Å². The van der Waals surface area contributed by atoms with Gasteiger partial charge in [0.2, 0.25) is 5.91 Å². The SMILES string of the molecule is Cc1ccc(NC(=O)C(CN)C(C)C)cc1C. The number of hydrogen-bond donors (Lipinski definition) is 2. The molecule has 3 N–H and O–H groups in total. The van der Waals surface area contributed by atoms with E-state index in [0.29, 0.717) is 6.54 Å². The van der Waals surface area contributed by atoms with Crippen LogP contribution in [0.25, 0.3) is 0 Å². The van der Waals surface area contributed by atoms with Gasteiger partial charge in [-0.25, -0.2) is 0 Å². The van der Waals surface area contributed by atoms with Crippen LogP contribution in [0, 0.1) is 25.7 Å². The molecule has 1 atom stereocenters. The van der Waals surface area contributed by atoms with E-state index in [4.69, 9.17) is 5.73 Å². The highest BCUT2D eigenvalue weighted by molar-refractivity contribution is 5.93. The highest BCUT2D eigenvalue weighted by Crippen LogP contribution is 2.17. The second-order valence-electron chi connectivity index (χ2n) is 4.87. The van der Waals surface area contributed by atoms with Crippen molar-refractivity contribution in [2.24, 2.45) is 17.6 Å². The Bertz CT molecular complexity index is 399. The lowest BCUT2D eigenvalue weighted by molar-refractivity contribution is -0.120. The second-order valence-corrected chi connectivity index (χ2v) is 4.87. The molecule has 3 heteroatoms. The zero-order valence-electron chi connectivity index (χ0n) is 11.1. The Kier molecular flexibility index (Phi) is 4.70. The molecular formula is C14H22N2O. The summed E-state index contributed by atoms with van der Waals surface area (Å²) in [4.78, 5) is 12.0. The summed E-state index contributed by atoms with van der Waals surface area (Å²) in [5, 5.41) is 2.92. The molecule has 17 heavy (non-hydrogen) atoms. The molecule has 0 spiro atoms. The molecule has 0 fully saturated rings. The standard InChI is InChI=1S/C14H22N2O/c1-9(2)13(8-15)14(17)16-12-6-5-10(3)11(4)7-12/h5-7,9,13H,8,15H2,1-4H3,(H,16,17). The van der Waals surface area contributed by atoms with Crippen molar-refractivity contribution >= 4 is 11.6 Å². The van der Waals surface area contributed by atoms with Gasteiger partial charge in [-0.1, -0.05) is 19.9 Å². The van der Waals surface area contributed by atoms with E-state index in [-0.39, 0.29) is 17.7 Å². The summed E-state index contributed by atoms with van der Waals surface area (Å²) in [6, 6.07) is 5.92. The molecule has 94 valence electrons. The number of anilines is 1. The summed E-state index contributed by atoms with van der Waals surface area (Å²) in [6.07, 6.45) is 0. The molecule has 1 aromatic carbocycles. The van der Waals surface area contributed by atoms with Gasteiger partial charge >= 0.3 is 0 Å². The fourth-order valence-electron chi connectivity index (χ4n) is 1.74. The first-order valence-electron chi connectivity index (χ1n) is 6.04. The van der Waals surface area contributed by atoms with Gasteiger partial charge < -0.3 is 11.1 Å². The van der Waals surface area contributed by atoms with Gasteiger partial charge in [-0.15, -0.1) is 0 Å². The van der Waals surface area contributed by atoms with Crippen molar-refractivity contribution in [3.05, 3.63) is 29.3 Å². The van der Waals surface area contributed by atoms with Crippen LogP contribution in [0.15, 0.2) is 18.2 Å². The first-order valence-corrected chi connectivity index (χ1v) is 6.04. The number of nitrogens with two attached hydrogens (primary N) is 1. The predicted octanol–water partition coefficient (Wildman–Crippen LogP) is 2.47. The van der Waals surface area contributed by atoms with Crippen LogP contribution < -0.4 is 11.1 Å². The lowest BCUT2D eigenvalue weighted by Crippen LogP contribution is -2.33. The van der Waals surface area contributed by atoms with Gasteiger partial charge in [-0.2, -0.15) is 0 Å². The van der Waals surface area contributed by atoms with Crippen LogP contribution in [0.4, 0.5) is 5.69 Å². The van der Waals surface area contributed by atoms with Gasteiger partial charge in [0.1, 0.15) is 0 Å². The lowest BCUT2D eigenvalue weighted by atomic mass is 9.95. The summed E-state index contributed by atoms with van der Waals surface area (Å²) in [7, 11) is 0. The van der Waals surface area contributed by atoms with Crippen LogP contribution in [0.2, 0.25) is 0 Å². The van der Waals surface area contributed by atoms with Gasteiger partial charge in [0.05, 0.1) is 5.92 Å². The van der Waals surface area contributed by atoms with E-state index in [2.05, 4.69) is 12.2 Å². The Hall–Kier alpha value is -1.35. The van der Waals surface area contributed by atoms with Gasteiger partial charge in [0.25, 0.3) is 0 Å². The van der Waals surface area contributed by atoms with Crippen molar-refractivity contribution in [3.8, 4) is 0 Å². The Morgan fingerprint density at radius 2 is 1.94 bits per heavy atom. The molecule has 0 radical (unpaired) electrons. The molecule has 0 aromatic heterocycles. The first kappa shape index (κ1) is 13.7. The van der Waals surface area contributed by atoms with Crippen LogP contribution in [0.5, 0.6) is 0 Å². The number of rotatable bonds is 4. The number of aryl methyl sites for hydroxylation is 2. The third-order valence-electron chi connectivity index (χ3n) is 3.17. The third-order valence-corrected chi connectivity index (χ3v) is 3.17. The largest absolute Gasteiger partial charge is 0.330 e. The highest BCUT2D eigenvalue weighted by atomic mass is 16.1. The minimum absolute atomic E-state index is 0.00533. The first-order chi connectivity index (χ1) is 7.95. The van der Waals surface area contributed by atoms with Crippen LogP contribution in [-0.2, 0) is 4.79 Å². The Balaban J connectivity index is 2.77. The molecule has 1 amide bonds. The molecule has 1 aromatic rings. The van der Waals surface area contributed by atoms with Crippen LogP contribution in [0.1, 0.15) is 25.0 Å². The number of carbonyl (C=O) groups excluding carboxylic acids is 1. The third kappa shape index (κ3) is 3.56. The quantitative estimate of drug-likeness (QED) is 0.841. The summed E-state index contributed by atoms with van der Waals surface area (Å²) in [5.74, 6) is 0.133. The van der Waals surface area contributed by atoms with Crippen molar-refractivity contribution in [2.75, 3.05) is 11.9 Å². The van der Waals surface area contributed by atoms with Crippen LogP contribution in [0.3, 0.4) is 0 Å². The summed E-state index contributed by atoms with van der Waals surface area (Å²) in [5.41, 5.74) is 8.87. The molecule has 1 rings (SSSR count). The summed E-state index contributed by atoms with van der Waals surface area (Å²) >= 11 is 0. The molecule has 0 saturated carbocycles. The van der Waals surface area contributed by atoms with E-state index in [1.54, 1.807) is 0 Å². The average Bonchev–Trinajstić information content (AvgIpc) is 2.24. The molecule has 3 nitrogen and oxygen atoms in total. The number of carbonyl (C=O) groups is 1. The molecule has 1 unspecified atom stereocenters. The number of benzene rings is 1. The zero-order valence-corrected chi connectivity index (χ0v) is 11.1. The van der Waals surface area contributed by atoms with Crippen molar-refractivity contribution in [3.63, 3.8) is 0 Å². The van der Waals surface area contributed by atoms with Crippen molar-refractivity contribution in [2.45, 2.75) is 27.7 Å². The fraction of sp³-hybridized carbons (Fsp3) is 0.500. The number of nitrogens with one attached hydrogen (secondary N) is 1. The zero-order chi connectivity index (χ0) is 13.0. The van der Waals surface area contributed by atoms with E-state index in [1.807, 2.05) is 39.0 Å². The molecule has 0 heterocycles. The predicted molar refractivity (Wildman–Crippen MR) is 71.9 cm³/mol. The van der Waals surface area contributed by atoms with E-state index < -0.39 is 0 Å². The lowest BCUT2D eigenvalue weighted by Gasteiger charge is -2.18. The van der Waals surface area contributed by atoms with E-state index in [9.17, 15) is 4.79 Å². The summed E-state index contributed by atoms with van der Waals surface area (Å²) < 4.78 is 0. The van der Waals surface area contributed by atoms with Crippen molar-refractivity contribution in [1.82, 2.24) is 0 Å². The van der Waals surface area contributed by atoms with E-state index in [0.717, 1.165) is 5.69 Å². The molecule has 0 aliphatic rings. The second kappa shape index (κ2) is 5.82. The van der Waals surface area contributed by atoms with Crippen molar-refractivity contribution in [1.29, 1.82) is 0 Å². The van der Waals surface area contributed by atoms with Crippen molar-refractivity contribution < 1.29 is 4.79 Å². The highest BCUT2D eigenvalue weighted by Gasteiger charge is 2.20. The van der Waals surface area contributed by atoms with E-state index >= 15 is 0 Å². The maximum atomic E-state index is 12.0. The van der Waals surface area contributed by atoms with Crippen LogP contribution >= 0.6 is 0 Å². The van der Waals surface area contributed by atoms with Gasteiger partial charge in [-0.05, 0) is 43.0 Å². The molecule has 0 aliphatic carbocycles. The molecule has 0 aliphatic heterocycles. The fourth-order valence-corrected chi connectivity index (χ4v) is 1.74. The Morgan fingerprint density at radius 1 is 1.29 bits per heavy atom. The topological polar surface area (TPSA) is 55.1 Å². The minimum atomic E-state index is -0.128. The molecule has 0 bridgehead atoms. The number of amides is 1. The maximum absolute atomic E-state index is 12.0. The number of hydrogen-bond acceptors (Lipinski definition) is 2. The molecule has 0 saturated heterocycles. The normalized spacial score (nSPS) is 12.6. The average molecular weight is 234 g/mol. The maximum Gasteiger partial charge on any atom is 0.229 e. The van der Waals surface area contributed by atoms with Gasteiger partial charge in [0.15, 0.2) is 0 Å². The molecular weight excluding hydrogens is 212 g/mol. The van der Waals surface area contributed by atoms with Crippen LogP contribution in [-0.4, -0.2) is 12.5 Å². The van der Waals surface area contributed by atoms with Gasteiger partial charge in [-0.3, -0.25) is 4.79 Å². The smallest absolute Gasteiger partial charge is 0.229 e.